The Kier molecular flexibility index (Phi) is 3.18. The second-order valence-corrected chi connectivity index (χ2v) is 13.9. The number of hydrogen-bond acceptors (Lipinski definition) is 4. The van der Waals surface area contributed by atoms with Crippen molar-refractivity contribution in [3.05, 3.63) is 12.2 Å². The van der Waals surface area contributed by atoms with Crippen LogP contribution in [-0.2, 0) is 18.7 Å². The molecular weight excluding hydrogens is 308 g/mol. The molecule has 3 aliphatic heterocycles. The summed E-state index contributed by atoms with van der Waals surface area (Å²) in [7, 11) is -2.08. The minimum absolute atomic E-state index is 0.0650. The normalized spacial score (nSPS) is 45.4. The number of ketones is 1. The summed E-state index contributed by atoms with van der Waals surface area (Å²) in [6.45, 7) is 12.4. The zero-order valence-corrected chi connectivity index (χ0v) is 15.8. The van der Waals surface area contributed by atoms with Crippen LogP contribution in [0.25, 0.3) is 0 Å². The summed E-state index contributed by atoms with van der Waals surface area (Å²) in [4.78, 5) is 13.4. The highest BCUT2D eigenvalue weighted by Crippen LogP contribution is 2.58. The fourth-order valence-corrected chi connectivity index (χ4v) is 6.02. The Morgan fingerprint density at radius 2 is 2.09 bits per heavy atom. The average Bonchev–Trinajstić information content (AvgIpc) is 2.94. The standard InChI is InChI=1S/C18H28O4Si/c1-16(2,3)23(4,5)22-17-8-6-7-13(15(17)19)18-11-20-10-12(18)9-14(17)21-18/h6,8,12-14H,7,9-11H2,1-5H3/t12-,13-,14-,17+,18+/m0/s1. The maximum Gasteiger partial charge on any atom is 0.193 e. The fraction of sp³-hybridized carbons (Fsp3) is 0.833. The van der Waals surface area contributed by atoms with Crippen molar-refractivity contribution in [3.8, 4) is 0 Å². The highest BCUT2D eigenvalue weighted by molar-refractivity contribution is 6.74. The van der Waals surface area contributed by atoms with E-state index in [1.54, 1.807) is 0 Å². The van der Waals surface area contributed by atoms with Gasteiger partial charge < -0.3 is 13.9 Å². The van der Waals surface area contributed by atoms with E-state index in [4.69, 9.17) is 13.9 Å². The molecule has 4 aliphatic rings. The monoisotopic (exact) mass is 336 g/mol. The van der Waals surface area contributed by atoms with E-state index in [0.717, 1.165) is 19.4 Å². The second-order valence-electron chi connectivity index (χ2n) is 9.22. The molecule has 4 rings (SSSR count). The molecule has 0 aromatic carbocycles. The molecule has 5 atom stereocenters. The van der Waals surface area contributed by atoms with Gasteiger partial charge in [-0.1, -0.05) is 26.8 Å². The maximum atomic E-state index is 13.4. The Morgan fingerprint density at radius 3 is 2.78 bits per heavy atom. The van der Waals surface area contributed by atoms with Gasteiger partial charge in [0.05, 0.1) is 25.2 Å². The highest BCUT2D eigenvalue weighted by atomic mass is 28.4. The molecule has 5 heteroatoms. The van der Waals surface area contributed by atoms with Gasteiger partial charge in [-0.15, -0.1) is 0 Å². The molecule has 128 valence electrons. The van der Waals surface area contributed by atoms with E-state index in [1.807, 2.05) is 6.08 Å². The molecule has 1 spiro atoms. The van der Waals surface area contributed by atoms with Gasteiger partial charge >= 0.3 is 0 Å². The minimum atomic E-state index is -2.08. The molecule has 1 aliphatic carbocycles. The summed E-state index contributed by atoms with van der Waals surface area (Å²) in [5.74, 6) is 0.476. The summed E-state index contributed by atoms with van der Waals surface area (Å²) >= 11 is 0. The van der Waals surface area contributed by atoms with E-state index in [-0.39, 0.29) is 28.4 Å². The van der Waals surface area contributed by atoms with Gasteiger partial charge in [-0.3, -0.25) is 4.79 Å². The van der Waals surface area contributed by atoms with Crippen molar-refractivity contribution in [2.45, 2.75) is 69.1 Å². The van der Waals surface area contributed by atoms with Gasteiger partial charge in [-0.05, 0) is 37.0 Å². The first-order valence-corrected chi connectivity index (χ1v) is 11.7. The van der Waals surface area contributed by atoms with Crippen molar-refractivity contribution < 1.29 is 18.7 Å². The molecule has 0 N–H and O–H groups in total. The molecule has 0 amide bonds. The van der Waals surface area contributed by atoms with E-state index in [2.05, 4.69) is 39.9 Å². The van der Waals surface area contributed by atoms with Crippen molar-refractivity contribution in [3.63, 3.8) is 0 Å². The molecular formula is C18H28O4Si. The topological polar surface area (TPSA) is 44.8 Å². The molecule has 0 saturated carbocycles. The Hall–Kier alpha value is -0.493. The van der Waals surface area contributed by atoms with Gasteiger partial charge in [0.2, 0.25) is 0 Å². The van der Waals surface area contributed by atoms with Gasteiger partial charge in [0.1, 0.15) is 5.60 Å². The molecule has 0 radical (unpaired) electrons. The lowest BCUT2D eigenvalue weighted by atomic mass is 9.70. The van der Waals surface area contributed by atoms with Gasteiger partial charge in [-0.25, -0.2) is 0 Å². The quantitative estimate of drug-likeness (QED) is 0.574. The summed E-state index contributed by atoms with van der Waals surface area (Å²) in [6, 6.07) is 0. The van der Waals surface area contributed by atoms with Crippen LogP contribution in [-0.4, -0.2) is 44.6 Å². The molecule has 3 heterocycles. The number of carbonyl (C=O) groups is 1. The van der Waals surface area contributed by atoms with Crippen LogP contribution >= 0.6 is 0 Å². The van der Waals surface area contributed by atoms with Gasteiger partial charge in [0.25, 0.3) is 0 Å². The van der Waals surface area contributed by atoms with Crippen LogP contribution in [0.3, 0.4) is 0 Å². The first kappa shape index (κ1) is 16.0. The first-order valence-electron chi connectivity index (χ1n) is 8.80. The Bertz CT molecular complexity index is 578. The van der Waals surface area contributed by atoms with Crippen molar-refractivity contribution in [2.24, 2.45) is 11.8 Å². The minimum Gasteiger partial charge on any atom is -0.399 e. The molecule has 4 bridgehead atoms. The van der Waals surface area contributed by atoms with Gasteiger partial charge in [-0.2, -0.15) is 0 Å². The van der Waals surface area contributed by atoms with Crippen LogP contribution in [0.5, 0.6) is 0 Å². The van der Waals surface area contributed by atoms with Crippen LogP contribution in [0.4, 0.5) is 0 Å². The van der Waals surface area contributed by atoms with Crippen LogP contribution in [0.2, 0.25) is 18.1 Å². The van der Waals surface area contributed by atoms with Crippen molar-refractivity contribution in [2.75, 3.05) is 13.2 Å². The van der Waals surface area contributed by atoms with E-state index >= 15 is 0 Å². The Morgan fingerprint density at radius 1 is 1.35 bits per heavy atom. The molecule has 23 heavy (non-hydrogen) atoms. The van der Waals surface area contributed by atoms with Gasteiger partial charge in [0.15, 0.2) is 19.7 Å². The SMILES string of the molecule is CC(C)(C)[Si](C)(C)O[C@@]12C=CC[C@@H](C1=O)[C@@]13COC[C@@H]1C[C@@H]2O3. The predicted octanol–water partition coefficient (Wildman–Crippen LogP) is 3.08. The zero-order chi connectivity index (χ0) is 16.7. The van der Waals surface area contributed by atoms with Crippen LogP contribution < -0.4 is 0 Å². The molecule has 0 aromatic rings. The van der Waals surface area contributed by atoms with Crippen LogP contribution in [0, 0.1) is 11.8 Å². The third kappa shape index (κ3) is 1.91. The molecule has 3 fully saturated rings. The zero-order valence-electron chi connectivity index (χ0n) is 14.8. The predicted molar refractivity (Wildman–Crippen MR) is 89.8 cm³/mol. The van der Waals surface area contributed by atoms with Crippen molar-refractivity contribution in [1.82, 2.24) is 0 Å². The van der Waals surface area contributed by atoms with Crippen LogP contribution in [0.1, 0.15) is 33.6 Å². The number of allylic oxidation sites excluding steroid dienone is 1. The molecule has 3 saturated heterocycles. The smallest absolute Gasteiger partial charge is 0.193 e. The lowest BCUT2D eigenvalue weighted by molar-refractivity contribution is -0.197. The van der Waals surface area contributed by atoms with E-state index in [0.29, 0.717) is 12.5 Å². The number of ether oxygens (including phenoxy) is 2. The lowest BCUT2D eigenvalue weighted by Gasteiger charge is -2.53. The number of carbonyl (C=O) groups excluding carboxylic acids is 1. The third-order valence-corrected chi connectivity index (χ3v) is 11.4. The molecule has 0 unspecified atom stereocenters. The fourth-order valence-electron chi connectivity index (χ4n) is 4.57. The van der Waals surface area contributed by atoms with Crippen molar-refractivity contribution >= 4 is 14.1 Å². The van der Waals surface area contributed by atoms with Crippen molar-refractivity contribution in [1.29, 1.82) is 0 Å². The summed E-state index contributed by atoms with van der Waals surface area (Å²) < 4.78 is 18.9. The lowest BCUT2D eigenvalue weighted by Crippen LogP contribution is -2.67. The highest BCUT2D eigenvalue weighted by Gasteiger charge is 2.71. The molecule has 0 aromatic heterocycles. The third-order valence-electron chi connectivity index (χ3n) is 6.94. The number of fused-ring (bicyclic) bond motifs is 4. The summed E-state index contributed by atoms with van der Waals surface area (Å²) in [5.41, 5.74) is -1.24. The number of Topliss-reactive ketones (excluding diaryl/α,β-unsaturated/α-hetero) is 1. The summed E-state index contributed by atoms with van der Waals surface area (Å²) in [5, 5.41) is 0.0650. The number of hydrogen-bond donors (Lipinski definition) is 0. The number of rotatable bonds is 2. The Labute approximate surface area is 139 Å². The average molecular weight is 337 g/mol. The summed E-state index contributed by atoms with van der Waals surface area (Å²) in [6.07, 6.45) is 5.66. The second kappa shape index (κ2) is 4.57. The van der Waals surface area contributed by atoms with E-state index in [1.165, 1.54) is 0 Å². The molecule has 4 nitrogen and oxygen atoms in total. The maximum absolute atomic E-state index is 13.4. The van der Waals surface area contributed by atoms with Gasteiger partial charge in [0, 0.05) is 5.92 Å². The first-order chi connectivity index (χ1) is 10.6. The largest absolute Gasteiger partial charge is 0.399 e. The van der Waals surface area contributed by atoms with Crippen LogP contribution in [0.15, 0.2) is 12.2 Å². The van der Waals surface area contributed by atoms with E-state index in [9.17, 15) is 4.79 Å². The van der Waals surface area contributed by atoms with E-state index < -0.39 is 13.9 Å². The Balaban J connectivity index is 1.76.